The molecule has 0 saturated carbocycles. The summed E-state index contributed by atoms with van der Waals surface area (Å²) >= 11 is 5.18. The Morgan fingerprint density at radius 3 is 3.15 bits per heavy atom. The van der Waals surface area contributed by atoms with Gasteiger partial charge in [0.2, 0.25) is 0 Å². The summed E-state index contributed by atoms with van der Waals surface area (Å²) in [4.78, 5) is 1.29. The molecule has 1 aromatic rings. The van der Waals surface area contributed by atoms with Gasteiger partial charge in [-0.2, -0.15) is 0 Å². The first-order valence-corrected chi connectivity index (χ1v) is 6.02. The zero-order chi connectivity index (χ0) is 9.10. The molecule has 2 nitrogen and oxygen atoms in total. The predicted octanol–water partition coefficient (Wildman–Crippen LogP) is 2.39. The number of nitrogens with one attached hydrogen (secondary N) is 1. The Balaban J connectivity index is 1.78. The summed E-state index contributed by atoms with van der Waals surface area (Å²) in [5.74, 6) is 0. The maximum Gasteiger partial charge on any atom is 0.0814 e. The minimum Gasteiger partial charge on any atom is -0.371 e. The van der Waals surface area contributed by atoms with Crippen LogP contribution in [0.2, 0.25) is 0 Å². The average molecular weight is 262 g/mol. The molecule has 2 heterocycles. The maximum absolute atomic E-state index is 5.73. The highest BCUT2D eigenvalue weighted by Gasteiger charge is 2.14. The van der Waals surface area contributed by atoms with Crippen LogP contribution in [0.5, 0.6) is 0 Å². The standard InChI is InChI=1S/C9H12BrNOS/c10-9-2-1-8(13-9)6-12-7-3-4-11-5-7/h1-2,7,11H,3-6H2. The molecule has 1 fully saturated rings. The van der Waals surface area contributed by atoms with Crippen LogP contribution in [0.4, 0.5) is 0 Å². The molecule has 0 radical (unpaired) electrons. The summed E-state index contributed by atoms with van der Waals surface area (Å²) in [5, 5.41) is 3.28. The van der Waals surface area contributed by atoms with Crippen LogP contribution >= 0.6 is 27.3 Å². The van der Waals surface area contributed by atoms with Gasteiger partial charge >= 0.3 is 0 Å². The highest BCUT2D eigenvalue weighted by atomic mass is 79.9. The SMILES string of the molecule is Brc1ccc(COC2CCNC2)s1. The largest absolute Gasteiger partial charge is 0.371 e. The number of ether oxygens (including phenoxy) is 1. The van der Waals surface area contributed by atoms with Gasteiger partial charge in [0.05, 0.1) is 16.5 Å². The third-order valence-corrected chi connectivity index (χ3v) is 3.70. The van der Waals surface area contributed by atoms with Crippen molar-refractivity contribution in [1.29, 1.82) is 0 Å². The summed E-state index contributed by atoms with van der Waals surface area (Å²) in [6.07, 6.45) is 1.56. The van der Waals surface area contributed by atoms with E-state index in [1.54, 1.807) is 11.3 Å². The van der Waals surface area contributed by atoms with E-state index in [1.807, 2.05) is 0 Å². The van der Waals surface area contributed by atoms with E-state index in [0.29, 0.717) is 6.10 Å². The van der Waals surface area contributed by atoms with Crippen LogP contribution in [0.1, 0.15) is 11.3 Å². The van der Waals surface area contributed by atoms with Crippen molar-refractivity contribution in [2.45, 2.75) is 19.1 Å². The first-order valence-electron chi connectivity index (χ1n) is 4.41. The van der Waals surface area contributed by atoms with Gasteiger partial charge in [0.1, 0.15) is 0 Å². The van der Waals surface area contributed by atoms with Gasteiger partial charge in [-0.3, -0.25) is 0 Å². The van der Waals surface area contributed by atoms with Crippen molar-refractivity contribution in [1.82, 2.24) is 5.32 Å². The van der Waals surface area contributed by atoms with E-state index in [1.165, 1.54) is 8.66 Å². The summed E-state index contributed by atoms with van der Waals surface area (Å²) in [7, 11) is 0. The lowest BCUT2D eigenvalue weighted by atomic mass is 10.3. The third-order valence-electron chi connectivity index (χ3n) is 2.11. The molecule has 1 N–H and O–H groups in total. The third kappa shape index (κ3) is 2.77. The molecular weight excluding hydrogens is 250 g/mol. The Bertz CT molecular complexity index is 270. The number of hydrogen-bond acceptors (Lipinski definition) is 3. The van der Waals surface area contributed by atoms with E-state index < -0.39 is 0 Å². The molecule has 0 spiro atoms. The van der Waals surface area contributed by atoms with Crippen LogP contribution < -0.4 is 5.32 Å². The minimum atomic E-state index is 0.417. The summed E-state index contributed by atoms with van der Waals surface area (Å²) in [5.41, 5.74) is 0. The molecule has 1 unspecified atom stereocenters. The fourth-order valence-electron chi connectivity index (χ4n) is 1.40. The molecule has 1 aliphatic rings. The van der Waals surface area contributed by atoms with Crippen molar-refractivity contribution in [2.24, 2.45) is 0 Å². The second-order valence-electron chi connectivity index (χ2n) is 3.13. The Hall–Kier alpha value is 0.1000. The number of halogens is 1. The second-order valence-corrected chi connectivity index (χ2v) is 5.68. The lowest BCUT2D eigenvalue weighted by Crippen LogP contribution is -2.16. The summed E-state index contributed by atoms with van der Waals surface area (Å²) in [6.45, 7) is 2.86. The molecule has 1 aromatic heterocycles. The highest BCUT2D eigenvalue weighted by molar-refractivity contribution is 9.11. The Kier molecular flexibility index (Phi) is 3.38. The topological polar surface area (TPSA) is 21.3 Å². The van der Waals surface area contributed by atoms with E-state index in [0.717, 1.165) is 26.1 Å². The molecule has 13 heavy (non-hydrogen) atoms. The van der Waals surface area contributed by atoms with Crippen molar-refractivity contribution >= 4 is 27.3 Å². The Morgan fingerprint density at radius 1 is 1.62 bits per heavy atom. The van der Waals surface area contributed by atoms with Crippen LogP contribution in [-0.4, -0.2) is 19.2 Å². The van der Waals surface area contributed by atoms with Crippen molar-refractivity contribution in [3.63, 3.8) is 0 Å². The average Bonchev–Trinajstić information content (AvgIpc) is 2.71. The highest BCUT2D eigenvalue weighted by Crippen LogP contribution is 2.23. The summed E-state index contributed by atoms with van der Waals surface area (Å²) < 4.78 is 6.91. The van der Waals surface area contributed by atoms with E-state index in [-0.39, 0.29) is 0 Å². The van der Waals surface area contributed by atoms with Crippen molar-refractivity contribution in [3.05, 3.63) is 20.8 Å². The second kappa shape index (κ2) is 4.55. The van der Waals surface area contributed by atoms with Gasteiger partial charge < -0.3 is 10.1 Å². The molecular formula is C9H12BrNOS. The molecule has 0 amide bonds. The van der Waals surface area contributed by atoms with Crippen molar-refractivity contribution < 1.29 is 4.74 Å². The molecule has 72 valence electrons. The smallest absolute Gasteiger partial charge is 0.0814 e. The van der Waals surface area contributed by atoms with Crippen LogP contribution in [0, 0.1) is 0 Å². The van der Waals surface area contributed by atoms with Crippen LogP contribution in [-0.2, 0) is 11.3 Å². The first kappa shape index (κ1) is 9.65. The molecule has 1 atom stereocenters. The fourth-order valence-corrected chi connectivity index (χ4v) is 2.81. The zero-order valence-corrected chi connectivity index (χ0v) is 9.66. The molecule has 2 rings (SSSR count). The van der Waals surface area contributed by atoms with E-state index in [9.17, 15) is 0 Å². The normalized spacial score (nSPS) is 22.4. The van der Waals surface area contributed by atoms with Gasteiger partial charge in [-0.15, -0.1) is 11.3 Å². The van der Waals surface area contributed by atoms with Crippen molar-refractivity contribution in [3.8, 4) is 0 Å². The van der Waals surface area contributed by atoms with Gasteiger partial charge in [0.15, 0.2) is 0 Å². The summed E-state index contributed by atoms with van der Waals surface area (Å²) in [6, 6.07) is 4.17. The maximum atomic E-state index is 5.73. The van der Waals surface area contributed by atoms with E-state index in [2.05, 4.69) is 33.4 Å². The molecule has 4 heteroatoms. The first-order chi connectivity index (χ1) is 6.34. The Morgan fingerprint density at radius 2 is 2.54 bits per heavy atom. The molecule has 0 aliphatic carbocycles. The van der Waals surface area contributed by atoms with E-state index >= 15 is 0 Å². The predicted molar refractivity (Wildman–Crippen MR) is 58.1 cm³/mol. The van der Waals surface area contributed by atoms with Gasteiger partial charge in [-0.25, -0.2) is 0 Å². The number of thiophene rings is 1. The molecule has 0 bridgehead atoms. The minimum absolute atomic E-state index is 0.417. The number of hydrogen-bond donors (Lipinski definition) is 1. The van der Waals surface area contributed by atoms with E-state index in [4.69, 9.17) is 4.74 Å². The lowest BCUT2D eigenvalue weighted by molar-refractivity contribution is 0.0559. The quantitative estimate of drug-likeness (QED) is 0.903. The van der Waals surface area contributed by atoms with Crippen LogP contribution in [0.3, 0.4) is 0 Å². The molecule has 0 aromatic carbocycles. The van der Waals surface area contributed by atoms with Gasteiger partial charge in [0.25, 0.3) is 0 Å². The van der Waals surface area contributed by atoms with Gasteiger partial charge in [-0.1, -0.05) is 0 Å². The lowest BCUT2D eigenvalue weighted by Gasteiger charge is -2.08. The molecule has 1 saturated heterocycles. The molecule has 1 aliphatic heterocycles. The zero-order valence-electron chi connectivity index (χ0n) is 7.25. The van der Waals surface area contributed by atoms with Gasteiger partial charge in [0, 0.05) is 11.4 Å². The monoisotopic (exact) mass is 261 g/mol. The fraction of sp³-hybridized carbons (Fsp3) is 0.556. The number of rotatable bonds is 3. The van der Waals surface area contributed by atoms with Crippen LogP contribution in [0.15, 0.2) is 15.9 Å². The van der Waals surface area contributed by atoms with Gasteiger partial charge in [-0.05, 0) is 41.0 Å². The van der Waals surface area contributed by atoms with Crippen LogP contribution in [0.25, 0.3) is 0 Å². The van der Waals surface area contributed by atoms with Crippen molar-refractivity contribution in [2.75, 3.05) is 13.1 Å². The Labute approximate surface area is 90.4 Å².